The molecule has 6 nitrogen and oxygen atoms in total. The molecule has 0 atom stereocenters. The number of aromatic nitrogens is 4. The Morgan fingerprint density at radius 3 is 2.86 bits per heavy atom. The number of H-pyrrole nitrogens is 2. The second-order valence-corrected chi connectivity index (χ2v) is 6.64. The van der Waals surface area contributed by atoms with Gasteiger partial charge in [-0.1, -0.05) is 18.2 Å². The van der Waals surface area contributed by atoms with E-state index in [1.54, 1.807) is 12.4 Å². The number of amides is 1. The van der Waals surface area contributed by atoms with Crippen molar-refractivity contribution in [2.45, 2.75) is 6.42 Å². The fraction of sp³-hybridized carbons (Fsp3) is 0.0455. The number of benzene rings is 2. The van der Waals surface area contributed by atoms with Gasteiger partial charge in [0.2, 0.25) is 5.91 Å². The number of rotatable bonds is 4. The third-order valence-corrected chi connectivity index (χ3v) is 4.73. The Morgan fingerprint density at radius 1 is 1.04 bits per heavy atom. The summed E-state index contributed by atoms with van der Waals surface area (Å²) in [7, 11) is 0. The van der Waals surface area contributed by atoms with Gasteiger partial charge in [0, 0.05) is 40.7 Å². The maximum Gasteiger partial charge on any atom is 0.228 e. The summed E-state index contributed by atoms with van der Waals surface area (Å²) in [6.45, 7) is 0. The topological polar surface area (TPSA) is 86.5 Å². The van der Waals surface area contributed by atoms with Crippen molar-refractivity contribution in [2.75, 3.05) is 5.32 Å². The summed E-state index contributed by atoms with van der Waals surface area (Å²) in [5.41, 5.74) is 5.38. The Labute approximate surface area is 160 Å². The van der Waals surface area contributed by atoms with E-state index in [-0.39, 0.29) is 5.91 Å². The van der Waals surface area contributed by atoms with Crippen LogP contribution in [-0.2, 0) is 11.2 Å². The average Bonchev–Trinajstić information content (AvgIpc) is 3.33. The number of fused-ring (bicyclic) bond motifs is 2. The summed E-state index contributed by atoms with van der Waals surface area (Å²) < 4.78 is 0. The minimum Gasteiger partial charge on any atom is -0.361 e. The van der Waals surface area contributed by atoms with Crippen molar-refractivity contribution in [3.8, 4) is 11.4 Å². The Hall–Kier alpha value is -3.93. The Balaban J connectivity index is 1.36. The first-order valence-electron chi connectivity index (χ1n) is 9.01. The van der Waals surface area contributed by atoms with Crippen molar-refractivity contribution < 1.29 is 4.79 Å². The van der Waals surface area contributed by atoms with Crippen molar-refractivity contribution in [2.24, 2.45) is 0 Å². The zero-order chi connectivity index (χ0) is 18.9. The van der Waals surface area contributed by atoms with Crippen LogP contribution >= 0.6 is 0 Å². The van der Waals surface area contributed by atoms with E-state index in [0.717, 1.165) is 44.6 Å². The van der Waals surface area contributed by atoms with E-state index >= 15 is 0 Å². The van der Waals surface area contributed by atoms with Crippen LogP contribution in [0.3, 0.4) is 0 Å². The molecule has 0 saturated heterocycles. The van der Waals surface area contributed by atoms with Gasteiger partial charge in [0.15, 0.2) is 0 Å². The zero-order valence-electron chi connectivity index (χ0n) is 14.9. The molecule has 0 aliphatic rings. The molecule has 0 bridgehead atoms. The Bertz CT molecular complexity index is 1290. The summed E-state index contributed by atoms with van der Waals surface area (Å²) in [6.07, 6.45) is 5.70. The van der Waals surface area contributed by atoms with Gasteiger partial charge in [-0.3, -0.25) is 9.78 Å². The number of aromatic amines is 2. The highest BCUT2D eigenvalue weighted by molar-refractivity contribution is 5.97. The molecule has 3 heterocycles. The van der Waals surface area contributed by atoms with Crippen molar-refractivity contribution in [1.29, 1.82) is 0 Å². The number of carbonyl (C=O) groups is 1. The number of hydrogen-bond donors (Lipinski definition) is 3. The lowest BCUT2D eigenvalue weighted by atomic mass is 10.1. The molecule has 3 aromatic heterocycles. The SMILES string of the molecule is O=C(Cc1c[nH]c2ccccc12)Nc1ccc2nc(-c3cccnc3)[nH]c2c1. The van der Waals surface area contributed by atoms with Crippen molar-refractivity contribution in [3.05, 3.63) is 78.8 Å². The molecule has 0 fully saturated rings. The first kappa shape index (κ1) is 16.3. The van der Waals surface area contributed by atoms with Gasteiger partial charge in [-0.2, -0.15) is 0 Å². The van der Waals surface area contributed by atoms with E-state index in [4.69, 9.17) is 0 Å². The molecular weight excluding hydrogens is 350 g/mol. The number of para-hydroxylation sites is 1. The number of pyridine rings is 1. The van der Waals surface area contributed by atoms with E-state index in [2.05, 4.69) is 25.3 Å². The van der Waals surface area contributed by atoms with Gasteiger partial charge in [-0.05, 0) is 42.0 Å². The molecule has 5 rings (SSSR count). The first-order valence-corrected chi connectivity index (χ1v) is 9.01. The van der Waals surface area contributed by atoms with E-state index in [1.807, 2.05) is 60.8 Å². The maximum absolute atomic E-state index is 12.5. The lowest BCUT2D eigenvalue weighted by Gasteiger charge is -2.05. The predicted molar refractivity (Wildman–Crippen MR) is 110 cm³/mol. The van der Waals surface area contributed by atoms with Gasteiger partial charge in [-0.25, -0.2) is 4.98 Å². The monoisotopic (exact) mass is 367 g/mol. The highest BCUT2D eigenvalue weighted by atomic mass is 16.1. The smallest absolute Gasteiger partial charge is 0.228 e. The van der Waals surface area contributed by atoms with Crippen LogP contribution in [0.2, 0.25) is 0 Å². The van der Waals surface area contributed by atoms with Crippen LogP contribution in [0, 0.1) is 0 Å². The number of nitrogens with zero attached hydrogens (tertiary/aromatic N) is 2. The Kier molecular flexibility index (Phi) is 3.87. The second-order valence-electron chi connectivity index (χ2n) is 6.64. The number of imidazole rings is 1. The quantitative estimate of drug-likeness (QED) is 0.443. The molecule has 0 aliphatic carbocycles. The molecule has 0 aliphatic heterocycles. The first-order chi connectivity index (χ1) is 13.8. The lowest BCUT2D eigenvalue weighted by molar-refractivity contribution is -0.115. The average molecular weight is 367 g/mol. The fourth-order valence-corrected chi connectivity index (χ4v) is 3.38. The minimum absolute atomic E-state index is 0.0592. The fourth-order valence-electron chi connectivity index (χ4n) is 3.38. The standard InChI is InChI=1S/C22H17N5O/c28-21(10-15-13-24-18-6-2-1-5-17(15)18)25-16-7-8-19-20(11-16)27-22(26-19)14-4-3-9-23-12-14/h1-9,11-13,24H,10H2,(H,25,28)(H,26,27). The lowest BCUT2D eigenvalue weighted by Crippen LogP contribution is -2.14. The molecule has 2 aromatic carbocycles. The van der Waals surface area contributed by atoms with Crippen molar-refractivity contribution in [3.63, 3.8) is 0 Å². The second kappa shape index (κ2) is 6.66. The van der Waals surface area contributed by atoms with Crippen molar-refractivity contribution >= 4 is 33.5 Å². The molecule has 136 valence electrons. The van der Waals surface area contributed by atoms with E-state index in [0.29, 0.717) is 6.42 Å². The number of hydrogen-bond acceptors (Lipinski definition) is 3. The summed E-state index contributed by atoms with van der Waals surface area (Å²) in [5, 5.41) is 4.05. The minimum atomic E-state index is -0.0592. The highest BCUT2D eigenvalue weighted by Crippen LogP contribution is 2.23. The largest absolute Gasteiger partial charge is 0.361 e. The van der Waals surface area contributed by atoms with Crippen LogP contribution in [0.4, 0.5) is 5.69 Å². The normalized spacial score (nSPS) is 11.1. The molecule has 6 heteroatoms. The summed E-state index contributed by atoms with van der Waals surface area (Å²) in [6, 6.07) is 17.5. The van der Waals surface area contributed by atoms with Gasteiger partial charge >= 0.3 is 0 Å². The number of carbonyl (C=O) groups excluding carboxylic acids is 1. The summed E-state index contributed by atoms with van der Waals surface area (Å²) in [5.74, 6) is 0.696. The van der Waals surface area contributed by atoms with E-state index in [9.17, 15) is 4.79 Å². The third-order valence-electron chi connectivity index (χ3n) is 4.73. The zero-order valence-corrected chi connectivity index (χ0v) is 14.9. The number of nitrogens with one attached hydrogen (secondary N) is 3. The van der Waals surface area contributed by atoms with E-state index in [1.165, 1.54) is 0 Å². The van der Waals surface area contributed by atoms with Crippen molar-refractivity contribution in [1.82, 2.24) is 19.9 Å². The van der Waals surface area contributed by atoms with Crippen LogP contribution in [0.15, 0.2) is 73.2 Å². The van der Waals surface area contributed by atoms with Crippen LogP contribution < -0.4 is 5.32 Å². The molecule has 28 heavy (non-hydrogen) atoms. The van der Waals surface area contributed by atoms with Crippen LogP contribution in [-0.4, -0.2) is 25.8 Å². The molecule has 0 spiro atoms. The van der Waals surface area contributed by atoms with Crippen LogP contribution in [0.5, 0.6) is 0 Å². The molecule has 1 amide bonds. The van der Waals surface area contributed by atoms with E-state index < -0.39 is 0 Å². The highest BCUT2D eigenvalue weighted by Gasteiger charge is 2.10. The molecular formula is C22H17N5O. The van der Waals surface area contributed by atoms with Gasteiger partial charge in [0.05, 0.1) is 17.5 Å². The molecule has 3 N–H and O–H groups in total. The van der Waals surface area contributed by atoms with Crippen LogP contribution in [0.1, 0.15) is 5.56 Å². The van der Waals surface area contributed by atoms with Crippen LogP contribution in [0.25, 0.3) is 33.3 Å². The molecule has 5 aromatic rings. The van der Waals surface area contributed by atoms with Gasteiger partial charge in [0.1, 0.15) is 5.82 Å². The molecule has 0 saturated carbocycles. The summed E-state index contributed by atoms with van der Waals surface area (Å²) >= 11 is 0. The summed E-state index contributed by atoms with van der Waals surface area (Å²) in [4.78, 5) is 27.7. The maximum atomic E-state index is 12.5. The van der Waals surface area contributed by atoms with Gasteiger partial charge in [0.25, 0.3) is 0 Å². The number of anilines is 1. The third kappa shape index (κ3) is 3.01. The van der Waals surface area contributed by atoms with Gasteiger partial charge < -0.3 is 15.3 Å². The van der Waals surface area contributed by atoms with Gasteiger partial charge in [-0.15, -0.1) is 0 Å². The Morgan fingerprint density at radius 2 is 1.96 bits per heavy atom. The molecule has 0 unspecified atom stereocenters. The predicted octanol–water partition coefficient (Wildman–Crippen LogP) is 4.29. The molecule has 0 radical (unpaired) electrons.